The summed E-state index contributed by atoms with van der Waals surface area (Å²) in [4.78, 5) is 20.8. The van der Waals surface area contributed by atoms with Crippen molar-refractivity contribution in [2.75, 3.05) is 0 Å². The molecule has 0 unspecified atom stereocenters. The van der Waals surface area contributed by atoms with Crippen LogP contribution in [0.2, 0.25) is 5.02 Å². The number of benzene rings is 3. The molecule has 3 aromatic carbocycles. The number of halogens is 4. The van der Waals surface area contributed by atoms with Crippen LogP contribution in [-0.4, -0.2) is 22.1 Å². The van der Waals surface area contributed by atoms with Gasteiger partial charge in [0.1, 0.15) is 5.69 Å². The molecule has 2 N–H and O–H groups in total. The van der Waals surface area contributed by atoms with Crippen LogP contribution in [0.1, 0.15) is 21.6 Å². The first-order chi connectivity index (χ1) is 16.8. The number of hydrogen-bond donors (Lipinski definition) is 2. The highest BCUT2D eigenvalue weighted by Gasteiger charge is 2.29. The minimum Gasteiger partial charge on any atom is -0.353 e. The molecule has 2 aromatic heterocycles. The van der Waals surface area contributed by atoms with Crippen LogP contribution in [0.25, 0.3) is 33.1 Å². The standard InChI is InChI=1S/C26H16ClF3N4O/c27-18-11-7-16(8-12-18)23-24-20(19-3-1-2-4-21(19)32-24)13-22(33-23)25(35)34-31-14-15-5-9-17(10-6-15)26(28,29)30/h1-14,32H,(H,34,35)/b31-14-. The number of hydrogen-bond acceptors (Lipinski definition) is 3. The Morgan fingerprint density at radius 3 is 2.40 bits per heavy atom. The maximum absolute atomic E-state index is 12.9. The molecule has 0 aliphatic carbocycles. The quantitative estimate of drug-likeness (QED) is 0.213. The highest BCUT2D eigenvalue weighted by molar-refractivity contribution is 6.30. The van der Waals surface area contributed by atoms with Gasteiger partial charge in [0.05, 0.1) is 23.0 Å². The third kappa shape index (κ3) is 4.61. The smallest absolute Gasteiger partial charge is 0.353 e. The Morgan fingerprint density at radius 2 is 1.69 bits per heavy atom. The van der Waals surface area contributed by atoms with E-state index in [2.05, 4.69) is 20.5 Å². The molecule has 0 spiro atoms. The normalized spacial score (nSPS) is 12.0. The molecule has 2 heterocycles. The Hall–Kier alpha value is -4.17. The molecule has 0 aliphatic heterocycles. The average molecular weight is 493 g/mol. The van der Waals surface area contributed by atoms with Crippen molar-refractivity contribution in [2.45, 2.75) is 6.18 Å². The van der Waals surface area contributed by atoms with Gasteiger partial charge in [-0.2, -0.15) is 18.3 Å². The zero-order valence-electron chi connectivity index (χ0n) is 17.9. The lowest BCUT2D eigenvalue weighted by atomic mass is 10.1. The number of carbonyl (C=O) groups excluding carboxylic acids is 1. The summed E-state index contributed by atoms with van der Waals surface area (Å²) in [5.41, 5.74) is 5.20. The largest absolute Gasteiger partial charge is 0.416 e. The van der Waals surface area contributed by atoms with Crippen LogP contribution in [0.4, 0.5) is 13.2 Å². The number of fused-ring (bicyclic) bond motifs is 3. The first kappa shape index (κ1) is 22.6. The number of nitrogens with zero attached hydrogens (tertiary/aromatic N) is 2. The van der Waals surface area contributed by atoms with Crippen LogP contribution >= 0.6 is 11.6 Å². The van der Waals surface area contributed by atoms with Crippen LogP contribution in [0.15, 0.2) is 84.0 Å². The van der Waals surface area contributed by atoms with Crippen molar-refractivity contribution in [3.05, 3.63) is 101 Å². The van der Waals surface area contributed by atoms with Gasteiger partial charge in [-0.15, -0.1) is 0 Å². The number of H-pyrrole nitrogens is 1. The maximum Gasteiger partial charge on any atom is 0.416 e. The number of pyridine rings is 1. The van der Waals surface area contributed by atoms with E-state index >= 15 is 0 Å². The number of amides is 1. The molecule has 0 bridgehead atoms. The molecule has 5 nitrogen and oxygen atoms in total. The van der Waals surface area contributed by atoms with Crippen molar-refractivity contribution in [3.8, 4) is 11.3 Å². The second-order valence-electron chi connectivity index (χ2n) is 7.78. The predicted molar refractivity (Wildman–Crippen MR) is 131 cm³/mol. The fourth-order valence-electron chi connectivity index (χ4n) is 3.76. The van der Waals surface area contributed by atoms with E-state index in [4.69, 9.17) is 11.6 Å². The van der Waals surface area contributed by atoms with Crippen LogP contribution in [0, 0.1) is 0 Å². The van der Waals surface area contributed by atoms with E-state index in [1.54, 1.807) is 18.2 Å². The SMILES string of the molecule is O=C(N/N=C\c1ccc(C(F)(F)F)cc1)c1cc2c([nH]c3ccccc32)c(-c2ccc(Cl)cc2)n1. The molecule has 9 heteroatoms. The molecule has 0 saturated heterocycles. The molecular weight excluding hydrogens is 477 g/mol. The lowest BCUT2D eigenvalue weighted by Gasteiger charge is -2.07. The summed E-state index contributed by atoms with van der Waals surface area (Å²) >= 11 is 6.04. The van der Waals surface area contributed by atoms with Crippen LogP contribution in [0.5, 0.6) is 0 Å². The number of carbonyl (C=O) groups is 1. The number of alkyl halides is 3. The van der Waals surface area contributed by atoms with E-state index in [1.807, 2.05) is 36.4 Å². The molecule has 5 rings (SSSR count). The average Bonchev–Trinajstić information content (AvgIpc) is 3.22. The van der Waals surface area contributed by atoms with Gasteiger partial charge in [-0.3, -0.25) is 4.79 Å². The van der Waals surface area contributed by atoms with E-state index in [0.29, 0.717) is 16.3 Å². The number of para-hydroxylation sites is 1. The molecule has 0 atom stereocenters. The second kappa shape index (κ2) is 8.88. The molecule has 35 heavy (non-hydrogen) atoms. The number of rotatable bonds is 4. The third-order valence-electron chi connectivity index (χ3n) is 5.46. The van der Waals surface area contributed by atoms with Gasteiger partial charge in [0, 0.05) is 26.9 Å². The van der Waals surface area contributed by atoms with Gasteiger partial charge in [-0.25, -0.2) is 10.4 Å². The highest BCUT2D eigenvalue weighted by Crippen LogP contribution is 2.33. The summed E-state index contributed by atoms with van der Waals surface area (Å²) in [6.45, 7) is 0. The van der Waals surface area contributed by atoms with Crippen molar-refractivity contribution in [2.24, 2.45) is 5.10 Å². The molecule has 0 aliphatic rings. The van der Waals surface area contributed by atoms with Gasteiger partial charge in [0.2, 0.25) is 0 Å². The number of nitrogens with one attached hydrogen (secondary N) is 2. The maximum atomic E-state index is 12.9. The number of hydrazone groups is 1. The molecule has 174 valence electrons. The van der Waals surface area contributed by atoms with E-state index in [-0.39, 0.29) is 5.69 Å². The lowest BCUT2D eigenvalue weighted by Crippen LogP contribution is -2.19. The van der Waals surface area contributed by atoms with E-state index in [0.717, 1.165) is 39.5 Å². The van der Waals surface area contributed by atoms with Crippen molar-refractivity contribution < 1.29 is 18.0 Å². The summed E-state index contributed by atoms with van der Waals surface area (Å²) in [6, 6.07) is 21.0. The summed E-state index contributed by atoms with van der Waals surface area (Å²) in [5, 5.41) is 6.21. The molecular formula is C26H16ClF3N4O. The number of aromatic amines is 1. The molecule has 1 amide bonds. The fraction of sp³-hybridized carbons (Fsp3) is 0.0385. The predicted octanol–water partition coefficient (Wildman–Crippen LogP) is 6.82. The van der Waals surface area contributed by atoms with Crippen LogP contribution in [-0.2, 0) is 6.18 Å². The zero-order valence-corrected chi connectivity index (χ0v) is 18.7. The van der Waals surface area contributed by atoms with Crippen molar-refractivity contribution in [1.29, 1.82) is 0 Å². The second-order valence-corrected chi connectivity index (χ2v) is 8.21. The Labute approximate surface area is 202 Å². The van der Waals surface area contributed by atoms with E-state index in [1.165, 1.54) is 18.3 Å². The minimum atomic E-state index is -4.42. The van der Waals surface area contributed by atoms with Crippen LogP contribution < -0.4 is 5.43 Å². The minimum absolute atomic E-state index is 0.136. The Balaban J connectivity index is 1.48. The van der Waals surface area contributed by atoms with Gasteiger partial charge in [-0.1, -0.05) is 54.1 Å². The summed E-state index contributed by atoms with van der Waals surface area (Å²) in [6.07, 6.45) is -3.15. The molecule has 0 radical (unpaired) electrons. The first-order valence-electron chi connectivity index (χ1n) is 10.5. The van der Waals surface area contributed by atoms with Crippen LogP contribution in [0.3, 0.4) is 0 Å². The molecule has 5 aromatic rings. The zero-order chi connectivity index (χ0) is 24.6. The Morgan fingerprint density at radius 1 is 0.971 bits per heavy atom. The van der Waals surface area contributed by atoms with Gasteiger partial charge >= 0.3 is 6.18 Å². The Kier molecular flexibility index (Phi) is 5.74. The first-order valence-corrected chi connectivity index (χ1v) is 10.9. The Bertz CT molecular complexity index is 1570. The lowest BCUT2D eigenvalue weighted by molar-refractivity contribution is -0.137. The fourth-order valence-corrected chi connectivity index (χ4v) is 3.89. The highest BCUT2D eigenvalue weighted by atomic mass is 35.5. The summed E-state index contributed by atoms with van der Waals surface area (Å²) in [5.74, 6) is -0.560. The molecule has 0 saturated carbocycles. The summed E-state index contributed by atoms with van der Waals surface area (Å²) < 4.78 is 38.2. The van der Waals surface area contributed by atoms with E-state index < -0.39 is 17.6 Å². The van der Waals surface area contributed by atoms with E-state index in [9.17, 15) is 18.0 Å². The van der Waals surface area contributed by atoms with Gasteiger partial charge in [0.15, 0.2) is 0 Å². The van der Waals surface area contributed by atoms with Crippen molar-refractivity contribution in [1.82, 2.24) is 15.4 Å². The van der Waals surface area contributed by atoms with Gasteiger partial charge in [0.25, 0.3) is 5.91 Å². The van der Waals surface area contributed by atoms with Gasteiger partial charge in [-0.05, 0) is 42.0 Å². The topological polar surface area (TPSA) is 70.1 Å². The van der Waals surface area contributed by atoms with Crippen molar-refractivity contribution in [3.63, 3.8) is 0 Å². The summed E-state index contributed by atoms with van der Waals surface area (Å²) in [7, 11) is 0. The van der Waals surface area contributed by atoms with Crippen molar-refractivity contribution >= 4 is 45.5 Å². The monoisotopic (exact) mass is 492 g/mol. The van der Waals surface area contributed by atoms with Gasteiger partial charge < -0.3 is 4.98 Å². The molecule has 0 fully saturated rings. The third-order valence-corrected chi connectivity index (χ3v) is 5.72. The number of aromatic nitrogens is 2.